The van der Waals surface area contributed by atoms with Gasteiger partial charge in [-0.1, -0.05) is 13.8 Å². The molecule has 1 atom stereocenters. The molecule has 5 heteroatoms. The Hall–Kier alpha value is -1.65. The summed E-state index contributed by atoms with van der Waals surface area (Å²) in [6.07, 6.45) is 3.65. The summed E-state index contributed by atoms with van der Waals surface area (Å²) in [5.74, 6) is 0.963. The quantitative estimate of drug-likeness (QED) is 0.798. The number of carbonyl (C=O) groups excluding carboxylic acids is 1. The molecule has 1 aliphatic rings. The number of carbonyl (C=O) groups is 1. The van der Waals surface area contributed by atoms with Crippen LogP contribution in [0.15, 0.2) is 6.07 Å². The van der Waals surface area contributed by atoms with E-state index in [2.05, 4.69) is 23.7 Å². The summed E-state index contributed by atoms with van der Waals surface area (Å²) in [5.41, 5.74) is 2.03. The number of aryl methyl sites for hydroxylation is 1. The molecule has 1 aromatic rings. The number of ether oxygens (including phenoxy) is 1. The van der Waals surface area contributed by atoms with Gasteiger partial charge in [0.2, 0.25) is 5.95 Å². The highest BCUT2D eigenvalue weighted by atomic mass is 16.5. The summed E-state index contributed by atoms with van der Waals surface area (Å²) < 4.78 is 4.82. The summed E-state index contributed by atoms with van der Waals surface area (Å²) in [7, 11) is 1.44. The first-order valence-electron chi connectivity index (χ1n) is 7.70. The number of piperidine rings is 1. The highest BCUT2D eigenvalue weighted by Gasteiger charge is 2.27. The van der Waals surface area contributed by atoms with Gasteiger partial charge in [0.25, 0.3) is 0 Å². The van der Waals surface area contributed by atoms with Crippen molar-refractivity contribution in [2.24, 2.45) is 0 Å². The molecular formula is C16H25N3O2. The topological polar surface area (TPSA) is 55.3 Å². The molecule has 0 aliphatic carbocycles. The first kappa shape index (κ1) is 15.7. The second-order valence-corrected chi connectivity index (χ2v) is 6.01. The van der Waals surface area contributed by atoms with Crippen LogP contribution in [0, 0.1) is 6.92 Å². The van der Waals surface area contributed by atoms with Crippen molar-refractivity contribution in [3.8, 4) is 0 Å². The first-order chi connectivity index (χ1) is 10.0. The van der Waals surface area contributed by atoms with Crippen molar-refractivity contribution >= 4 is 11.9 Å². The van der Waals surface area contributed by atoms with Crippen LogP contribution in [-0.2, 0) is 9.53 Å². The molecule has 1 unspecified atom stereocenters. The van der Waals surface area contributed by atoms with Gasteiger partial charge >= 0.3 is 5.97 Å². The van der Waals surface area contributed by atoms with Crippen LogP contribution in [0.25, 0.3) is 0 Å². The molecule has 1 aliphatic heterocycles. The maximum Gasteiger partial charge on any atom is 0.307 e. The Morgan fingerprint density at radius 1 is 1.43 bits per heavy atom. The lowest BCUT2D eigenvalue weighted by atomic mass is 10.00. The van der Waals surface area contributed by atoms with Crippen LogP contribution in [0.2, 0.25) is 0 Å². The van der Waals surface area contributed by atoms with Crippen LogP contribution in [-0.4, -0.2) is 35.6 Å². The molecule has 116 valence electrons. The predicted molar refractivity (Wildman–Crippen MR) is 82.5 cm³/mol. The van der Waals surface area contributed by atoms with Crippen LogP contribution in [0.1, 0.15) is 56.8 Å². The average molecular weight is 291 g/mol. The third-order valence-corrected chi connectivity index (χ3v) is 3.97. The van der Waals surface area contributed by atoms with Crippen molar-refractivity contribution in [2.45, 2.75) is 58.4 Å². The van der Waals surface area contributed by atoms with E-state index in [1.54, 1.807) is 0 Å². The van der Waals surface area contributed by atoms with Crippen LogP contribution in [0.3, 0.4) is 0 Å². The van der Waals surface area contributed by atoms with E-state index in [0.29, 0.717) is 12.3 Å². The van der Waals surface area contributed by atoms with Gasteiger partial charge in [0.05, 0.1) is 13.5 Å². The molecule has 2 heterocycles. The number of hydrogen-bond donors (Lipinski definition) is 0. The fourth-order valence-corrected chi connectivity index (χ4v) is 2.75. The molecule has 0 saturated carbocycles. The molecule has 2 rings (SSSR count). The molecule has 0 N–H and O–H groups in total. The molecule has 1 fully saturated rings. The zero-order valence-electron chi connectivity index (χ0n) is 13.4. The minimum absolute atomic E-state index is 0.146. The molecule has 0 aromatic carbocycles. The number of esters is 1. The molecule has 1 aromatic heterocycles. The third-order valence-electron chi connectivity index (χ3n) is 3.97. The van der Waals surface area contributed by atoms with Gasteiger partial charge in [-0.25, -0.2) is 9.97 Å². The van der Waals surface area contributed by atoms with E-state index in [-0.39, 0.29) is 12.0 Å². The largest absolute Gasteiger partial charge is 0.469 e. The smallest absolute Gasteiger partial charge is 0.307 e. The van der Waals surface area contributed by atoms with Crippen molar-refractivity contribution < 1.29 is 9.53 Å². The summed E-state index contributed by atoms with van der Waals surface area (Å²) in [6, 6.07) is 2.18. The summed E-state index contributed by atoms with van der Waals surface area (Å²) >= 11 is 0. The van der Waals surface area contributed by atoms with Crippen LogP contribution >= 0.6 is 0 Å². The van der Waals surface area contributed by atoms with Crippen molar-refractivity contribution in [3.05, 3.63) is 17.5 Å². The SMILES string of the molecule is COC(=O)CC1CCCCN1c1nc(C)cc(C(C)C)n1. The molecule has 0 spiro atoms. The van der Waals surface area contributed by atoms with Gasteiger partial charge in [-0.3, -0.25) is 4.79 Å². The second-order valence-electron chi connectivity index (χ2n) is 6.01. The van der Waals surface area contributed by atoms with Gasteiger partial charge < -0.3 is 9.64 Å². The number of nitrogens with zero attached hydrogens (tertiary/aromatic N) is 3. The number of aromatic nitrogens is 2. The van der Waals surface area contributed by atoms with Crippen molar-refractivity contribution in [3.63, 3.8) is 0 Å². The maximum atomic E-state index is 11.6. The summed E-state index contributed by atoms with van der Waals surface area (Å²) in [4.78, 5) is 23.1. The predicted octanol–water partition coefficient (Wildman–Crippen LogP) is 2.83. The Morgan fingerprint density at radius 3 is 2.86 bits per heavy atom. The molecule has 0 amide bonds. The van der Waals surface area contributed by atoms with Crippen molar-refractivity contribution in [1.82, 2.24) is 9.97 Å². The van der Waals surface area contributed by atoms with E-state index >= 15 is 0 Å². The minimum atomic E-state index is -0.163. The highest BCUT2D eigenvalue weighted by Crippen LogP contribution is 2.26. The van der Waals surface area contributed by atoms with Gasteiger partial charge in [0.15, 0.2) is 0 Å². The molecular weight excluding hydrogens is 266 g/mol. The van der Waals surface area contributed by atoms with Crippen LogP contribution in [0.5, 0.6) is 0 Å². The standard InChI is InChI=1S/C16H25N3O2/c1-11(2)14-9-12(3)17-16(18-14)19-8-6-5-7-13(19)10-15(20)21-4/h9,11,13H,5-8,10H2,1-4H3. The van der Waals surface area contributed by atoms with E-state index < -0.39 is 0 Å². The molecule has 0 radical (unpaired) electrons. The lowest BCUT2D eigenvalue weighted by molar-refractivity contribution is -0.141. The van der Waals surface area contributed by atoms with Gasteiger partial charge in [-0.2, -0.15) is 0 Å². The average Bonchev–Trinajstić information content (AvgIpc) is 2.47. The van der Waals surface area contributed by atoms with E-state index in [4.69, 9.17) is 9.72 Å². The lowest BCUT2D eigenvalue weighted by Gasteiger charge is -2.35. The normalized spacial score (nSPS) is 18.9. The van der Waals surface area contributed by atoms with E-state index in [9.17, 15) is 4.79 Å². The van der Waals surface area contributed by atoms with Gasteiger partial charge in [-0.05, 0) is 38.2 Å². The van der Waals surface area contributed by atoms with E-state index in [1.807, 2.05) is 13.0 Å². The Balaban J connectivity index is 2.26. The molecule has 1 saturated heterocycles. The van der Waals surface area contributed by atoms with Crippen molar-refractivity contribution in [1.29, 1.82) is 0 Å². The lowest BCUT2D eigenvalue weighted by Crippen LogP contribution is -2.42. The number of hydrogen-bond acceptors (Lipinski definition) is 5. The Bertz CT molecular complexity index is 502. The maximum absolute atomic E-state index is 11.6. The Morgan fingerprint density at radius 2 is 2.19 bits per heavy atom. The molecule has 5 nitrogen and oxygen atoms in total. The van der Waals surface area contributed by atoms with Gasteiger partial charge in [0.1, 0.15) is 0 Å². The number of rotatable bonds is 4. The minimum Gasteiger partial charge on any atom is -0.469 e. The molecule has 21 heavy (non-hydrogen) atoms. The Kier molecular flexibility index (Phi) is 5.15. The fourth-order valence-electron chi connectivity index (χ4n) is 2.75. The fraction of sp³-hybridized carbons (Fsp3) is 0.688. The number of anilines is 1. The zero-order valence-corrected chi connectivity index (χ0v) is 13.4. The Labute approximate surface area is 126 Å². The summed E-state index contributed by atoms with van der Waals surface area (Å²) in [6.45, 7) is 7.17. The summed E-state index contributed by atoms with van der Waals surface area (Å²) in [5, 5.41) is 0. The highest BCUT2D eigenvalue weighted by molar-refractivity contribution is 5.70. The van der Waals surface area contributed by atoms with Gasteiger partial charge in [0, 0.05) is 24.0 Å². The van der Waals surface area contributed by atoms with Gasteiger partial charge in [-0.15, -0.1) is 0 Å². The van der Waals surface area contributed by atoms with Crippen LogP contribution in [0.4, 0.5) is 5.95 Å². The van der Waals surface area contributed by atoms with E-state index in [1.165, 1.54) is 7.11 Å². The number of methoxy groups -OCH3 is 1. The zero-order chi connectivity index (χ0) is 15.4. The third kappa shape index (κ3) is 3.93. The monoisotopic (exact) mass is 291 g/mol. The first-order valence-corrected chi connectivity index (χ1v) is 7.70. The van der Waals surface area contributed by atoms with E-state index in [0.717, 1.165) is 43.1 Å². The molecule has 0 bridgehead atoms. The van der Waals surface area contributed by atoms with Crippen LogP contribution < -0.4 is 4.90 Å². The second kappa shape index (κ2) is 6.87. The van der Waals surface area contributed by atoms with Crippen molar-refractivity contribution in [2.75, 3.05) is 18.6 Å².